The lowest BCUT2D eigenvalue weighted by Crippen LogP contribution is -2.34. The van der Waals surface area contributed by atoms with Crippen LogP contribution in [0.2, 0.25) is 10.0 Å². The summed E-state index contributed by atoms with van der Waals surface area (Å²) in [5.74, 6) is 1.26. The van der Waals surface area contributed by atoms with Crippen molar-refractivity contribution < 1.29 is 4.79 Å². The summed E-state index contributed by atoms with van der Waals surface area (Å²) in [4.78, 5) is 17.2. The lowest BCUT2D eigenvalue weighted by atomic mass is 10.0. The van der Waals surface area contributed by atoms with Gasteiger partial charge in [-0.3, -0.25) is 14.6 Å². The number of nitrogens with zero attached hydrogens (tertiary/aromatic N) is 2. The number of hydrogen-bond acceptors (Lipinski definition) is 3. The van der Waals surface area contributed by atoms with E-state index in [0.717, 1.165) is 32.7 Å². The average Bonchev–Trinajstić information content (AvgIpc) is 3.17. The van der Waals surface area contributed by atoms with Crippen LogP contribution in [-0.2, 0) is 11.3 Å². The molecule has 2 unspecified atom stereocenters. The zero-order chi connectivity index (χ0) is 18.8. The molecule has 2 atom stereocenters. The second-order valence-electron chi connectivity index (χ2n) is 7.54. The Kier molecular flexibility index (Phi) is 5.69. The first-order valence-electron chi connectivity index (χ1n) is 9.31. The van der Waals surface area contributed by atoms with E-state index in [0.29, 0.717) is 34.1 Å². The van der Waals surface area contributed by atoms with Crippen molar-refractivity contribution in [2.75, 3.05) is 38.0 Å². The molecule has 2 aromatic carbocycles. The Hall–Kier alpha value is -1.59. The Morgan fingerprint density at radius 1 is 0.926 bits per heavy atom. The first-order valence-corrected chi connectivity index (χ1v) is 10.1. The number of likely N-dealkylation sites (tertiary alicyclic amines) is 2. The minimum atomic E-state index is -0.0414. The van der Waals surface area contributed by atoms with Crippen molar-refractivity contribution in [3.8, 4) is 0 Å². The summed E-state index contributed by atoms with van der Waals surface area (Å²) in [5, 5.41) is 3.72. The number of hydrogen-bond donors (Lipinski definition) is 1. The van der Waals surface area contributed by atoms with E-state index < -0.39 is 0 Å². The highest BCUT2D eigenvalue weighted by Crippen LogP contribution is 2.32. The van der Waals surface area contributed by atoms with Crippen LogP contribution in [0.25, 0.3) is 0 Å². The normalized spacial score (nSPS) is 22.7. The van der Waals surface area contributed by atoms with Crippen LogP contribution in [0.15, 0.2) is 48.5 Å². The van der Waals surface area contributed by atoms with Crippen molar-refractivity contribution in [2.24, 2.45) is 11.8 Å². The van der Waals surface area contributed by atoms with Gasteiger partial charge in [-0.05, 0) is 29.5 Å². The van der Waals surface area contributed by atoms with Crippen LogP contribution < -0.4 is 5.32 Å². The van der Waals surface area contributed by atoms with Crippen LogP contribution in [0.1, 0.15) is 5.56 Å². The van der Waals surface area contributed by atoms with Gasteiger partial charge in [-0.1, -0.05) is 59.6 Å². The van der Waals surface area contributed by atoms with Gasteiger partial charge in [0, 0.05) is 32.7 Å². The molecular weight excluding hydrogens is 381 g/mol. The highest BCUT2D eigenvalue weighted by molar-refractivity contribution is 6.44. The number of fused-ring (bicyclic) bond motifs is 1. The number of carbonyl (C=O) groups excluding carboxylic acids is 1. The Morgan fingerprint density at radius 2 is 1.59 bits per heavy atom. The molecule has 2 aliphatic heterocycles. The van der Waals surface area contributed by atoms with Crippen molar-refractivity contribution in [3.63, 3.8) is 0 Å². The summed E-state index contributed by atoms with van der Waals surface area (Å²) in [5.41, 5.74) is 1.94. The Balaban J connectivity index is 1.26. The van der Waals surface area contributed by atoms with Gasteiger partial charge in [-0.15, -0.1) is 0 Å². The van der Waals surface area contributed by atoms with Gasteiger partial charge in [0.05, 0.1) is 22.3 Å². The Labute approximate surface area is 170 Å². The number of anilines is 1. The van der Waals surface area contributed by atoms with Crippen LogP contribution in [0, 0.1) is 11.8 Å². The zero-order valence-electron chi connectivity index (χ0n) is 15.1. The largest absolute Gasteiger partial charge is 0.324 e. The summed E-state index contributed by atoms with van der Waals surface area (Å²) in [6.07, 6.45) is 0. The van der Waals surface area contributed by atoms with Crippen LogP contribution in [0.5, 0.6) is 0 Å². The molecule has 0 aromatic heterocycles. The zero-order valence-corrected chi connectivity index (χ0v) is 16.6. The van der Waals surface area contributed by atoms with Crippen LogP contribution in [0.4, 0.5) is 5.69 Å². The van der Waals surface area contributed by atoms with E-state index in [-0.39, 0.29) is 5.91 Å². The molecular formula is C21H23Cl2N3O. The van der Waals surface area contributed by atoms with E-state index in [1.54, 1.807) is 18.2 Å². The third kappa shape index (κ3) is 4.46. The van der Waals surface area contributed by atoms with Crippen LogP contribution >= 0.6 is 23.2 Å². The number of amides is 1. The molecule has 6 heteroatoms. The van der Waals surface area contributed by atoms with E-state index >= 15 is 0 Å². The molecule has 2 aliphatic rings. The third-order valence-electron chi connectivity index (χ3n) is 5.48. The SMILES string of the molecule is O=C(CN1CC2CN(Cc3ccccc3)CC2C1)Nc1cccc(Cl)c1Cl. The fourth-order valence-electron chi connectivity index (χ4n) is 4.28. The van der Waals surface area contributed by atoms with E-state index in [4.69, 9.17) is 23.2 Å². The smallest absolute Gasteiger partial charge is 0.238 e. The number of nitrogens with one attached hydrogen (secondary N) is 1. The van der Waals surface area contributed by atoms with Gasteiger partial charge in [-0.25, -0.2) is 0 Å². The summed E-state index contributed by atoms with van der Waals surface area (Å²) in [6.45, 7) is 5.59. The monoisotopic (exact) mass is 403 g/mol. The molecule has 2 aromatic rings. The van der Waals surface area contributed by atoms with E-state index in [1.807, 2.05) is 0 Å². The topological polar surface area (TPSA) is 35.6 Å². The number of benzene rings is 2. The minimum Gasteiger partial charge on any atom is -0.324 e. The van der Waals surface area contributed by atoms with Gasteiger partial charge < -0.3 is 5.32 Å². The number of halogens is 2. The molecule has 1 N–H and O–H groups in total. The average molecular weight is 404 g/mol. The molecule has 2 saturated heterocycles. The van der Waals surface area contributed by atoms with Gasteiger partial charge >= 0.3 is 0 Å². The first-order chi connectivity index (χ1) is 13.1. The molecule has 4 nitrogen and oxygen atoms in total. The summed E-state index contributed by atoms with van der Waals surface area (Å²) in [7, 11) is 0. The van der Waals surface area contributed by atoms with E-state index in [2.05, 4.69) is 45.4 Å². The Bertz CT molecular complexity index is 800. The molecule has 0 spiro atoms. The minimum absolute atomic E-state index is 0.0414. The second kappa shape index (κ2) is 8.19. The fraction of sp³-hybridized carbons (Fsp3) is 0.381. The van der Waals surface area contributed by atoms with Crippen molar-refractivity contribution in [2.45, 2.75) is 6.54 Å². The van der Waals surface area contributed by atoms with Crippen LogP contribution in [0.3, 0.4) is 0 Å². The van der Waals surface area contributed by atoms with Gasteiger partial charge in [0.15, 0.2) is 0 Å². The molecule has 0 radical (unpaired) electrons. The number of carbonyl (C=O) groups is 1. The highest BCUT2D eigenvalue weighted by Gasteiger charge is 2.40. The molecule has 27 heavy (non-hydrogen) atoms. The van der Waals surface area contributed by atoms with E-state index in [1.165, 1.54) is 5.56 Å². The third-order valence-corrected chi connectivity index (χ3v) is 6.30. The predicted octanol–water partition coefficient (Wildman–Crippen LogP) is 4.00. The maximum absolute atomic E-state index is 12.4. The first kappa shape index (κ1) is 18.8. The molecule has 2 fully saturated rings. The maximum Gasteiger partial charge on any atom is 0.238 e. The summed E-state index contributed by atoms with van der Waals surface area (Å²) in [6, 6.07) is 15.9. The second-order valence-corrected chi connectivity index (χ2v) is 8.33. The summed E-state index contributed by atoms with van der Waals surface area (Å²) >= 11 is 12.2. The van der Waals surface area contributed by atoms with Crippen molar-refractivity contribution in [1.82, 2.24) is 9.80 Å². The highest BCUT2D eigenvalue weighted by atomic mass is 35.5. The van der Waals surface area contributed by atoms with Gasteiger partial charge in [0.2, 0.25) is 5.91 Å². The molecule has 0 aliphatic carbocycles. The maximum atomic E-state index is 12.4. The molecule has 142 valence electrons. The predicted molar refractivity (Wildman–Crippen MR) is 110 cm³/mol. The molecule has 1 amide bonds. The van der Waals surface area contributed by atoms with Gasteiger partial charge in [0.1, 0.15) is 0 Å². The number of rotatable bonds is 5. The van der Waals surface area contributed by atoms with Crippen molar-refractivity contribution >= 4 is 34.8 Å². The Morgan fingerprint density at radius 3 is 2.30 bits per heavy atom. The van der Waals surface area contributed by atoms with Crippen molar-refractivity contribution in [3.05, 3.63) is 64.1 Å². The van der Waals surface area contributed by atoms with Gasteiger partial charge in [0.25, 0.3) is 0 Å². The van der Waals surface area contributed by atoms with Crippen molar-refractivity contribution in [1.29, 1.82) is 0 Å². The quantitative estimate of drug-likeness (QED) is 0.819. The lowest BCUT2D eigenvalue weighted by molar-refractivity contribution is -0.117. The fourth-order valence-corrected chi connectivity index (χ4v) is 4.63. The van der Waals surface area contributed by atoms with Gasteiger partial charge in [-0.2, -0.15) is 0 Å². The molecule has 4 rings (SSSR count). The van der Waals surface area contributed by atoms with Crippen LogP contribution in [-0.4, -0.2) is 48.4 Å². The molecule has 2 heterocycles. The molecule has 0 bridgehead atoms. The standard InChI is InChI=1S/C21H23Cl2N3O/c22-18-7-4-8-19(21(18)23)24-20(27)14-26-12-16-10-25(11-17(16)13-26)9-15-5-2-1-3-6-15/h1-8,16-17H,9-14H2,(H,24,27). The summed E-state index contributed by atoms with van der Waals surface area (Å²) < 4.78 is 0. The molecule has 0 saturated carbocycles. The lowest BCUT2D eigenvalue weighted by Gasteiger charge is -2.21. The van der Waals surface area contributed by atoms with E-state index in [9.17, 15) is 4.79 Å².